The zero-order chi connectivity index (χ0) is 30.8. The summed E-state index contributed by atoms with van der Waals surface area (Å²) in [6, 6.07) is 30.6. The predicted octanol–water partition coefficient (Wildman–Crippen LogP) is 5.43. The number of para-hydroxylation sites is 2. The molecule has 4 aromatic carbocycles. The lowest BCUT2D eigenvalue weighted by Crippen LogP contribution is -2.53. The number of halogens is 1. The van der Waals surface area contributed by atoms with Gasteiger partial charge in [-0.25, -0.2) is 8.42 Å². The van der Waals surface area contributed by atoms with E-state index in [1.807, 2.05) is 54.6 Å². The van der Waals surface area contributed by atoms with Crippen molar-refractivity contribution in [1.29, 1.82) is 0 Å². The fraction of sp³-hybridized carbons (Fsp3) is 0.212. The number of carbonyl (C=O) groups is 2. The SMILES string of the molecule is CCOc1ccccc1N(CC(=O)N(Cc1ccc(Br)cc1)[C@H](Cc1ccccc1)C(=O)NC)S(=O)(=O)c1ccccc1. The van der Waals surface area contributed by atoms with Crippen LogP contribution in [0.1, 0.15) is 18.1 Å². The first kappa shape index (κ1) is 31.8. The van der Waals surface area contributed by atoms with Crippen LogP contribution in [0.15, 0.2) is 119 Å². The number of benzene rings is 4. The van der Waals surface area contributed by atoms with Gasteiger partial charge in [0.1, 0.15) is 18.3 Å². The number of hydrogen-bond donors (Lipinski definition) is 1. The number of nitrogens with one attached hydrogen (secondary N) is 1. The molecule has 0 aliphatic carbocycles. The summed E-state index contributed by atoms with van der Waals surface area (Å²) in [6.45, 7) is 1.63. The Kier molecular flexibility index (Phi) is 11.0. The van der Waals surface area contributed by atoms with Crippen LogP contribution in [0, 0.1) is 0 Å². The third-order valence-corrected chi connectivity index (χ3v) is 9.13. The fourth-order valence-electron chi connectivity index (χ4n) is 4.68. The fourth-order valence-corrected chi connectivity index (χ4v) is 6.39. The standard InChI is InChI=1S/C33H34BrN3O5S/c1-3-42-31-17-11-10-16-29(31)37(43(40,41)28-14-8-5-9-15-28)24-32(38)36(23-26-18-20-27(34)21-19-26)30(33(39)35-2)22-25-12-6-4-7-13-25/h4-21,30H,3,22-24H2,1-2H3,(H,35,39)/t30-/m1/s1. The minimum absolute atomic E-state index is 0.0284. The molecule has 4 aromatic rings. The van der Waals surface area contributed by atoms with Crippen LogP contribution in [0.25, 0.3) is 0 Å². The third-order valence-electron chi connectivity index (χ3n) is 6.83. The van der Waals surface area contributed by atoms with E-state index in [0.29, 0.717) is 12.4 Å². The summed E-state index contributed by atoms with van der Waals surface area (Å²) in [5.41, 5.74) is 1.87. The molecule has 8 nitrogen and oxygen atoms in total. The third kappa shape index (κ3) is 8.03. The van der Waals surface area contributed by atoms with Crippen molar-refractivity contribution in [2.45, 2.75) is 30.8 Å². The highest BCUT2D eigenvalue weighted by Gasteiger charge is 2.35. The second-order valence-electron chi connectivity index (χ2n) is 9.69. The molecule has 0 bridgehead atoms. The van der Waals surface area contributed by atoms with Crippen molar-refractivity contribution >= 4 is 43.5 Å². The molecule has 10 heteroatoms. The molecule has 0 fully saturated rings. The molecular formula is C33H34BrN3O5S. The maximum absolute atomic E-state index is 14.4. The van der Waals surface area contributed by atoms with Crippen LogP contribution >= 0.6 is 15.9 Å². The summed E-state index contributed by atoms with van der Waals surface area (Å²) in [5.74, 6) is -0.580. The van der Waals surface area contributed by atoms with Gasteiger partial charge in [-0.2, -0.15) is 0 Å². The lowest BCUT2D eigenvalue weighted by Gasteiger charge is -2.34. The van der Waals surface area contributed by atoms with Gasteiger partial charge in [-0.1, -0.05) is 88.7 Å². The molecule has 0 radical (unpaired) electrons. The Balaban J connectivity index is 1.81. The number of anilines is 1. The van der Waals surface area contributed by atoms with Gasteiger partial charge in [0.25, 0.3) is 10.0 Å². The average Bonchev–Trinajstić information content (AvgIpc) is 3.03. The molecule has 2 amide bonds. The lowest BCUT2D eigenvalue weighted by atomic mass is 10.0. The minimum atomic E-state index is -4.21. The number of nitrogens with zero attached hydrogens (tertiary/aromatic N) is 2. The maximum atomic E-state index is 14.4. The van der Waals surface area contributed by atoms with Gasteiger partial charge in [0.15, 0.2) is 0 Å². The van der Waals surface area contributed by atoms with Crippen LogP contribution in [-0.4, -0.2) is 51.4 Å². The zero-order valence-corrected chi connectivity index (χ0v) is 26.4. The van der Waals surface area contributed by atoms with E-state index in [1.165, 1.54) is 24.1 Å². The van der Waals surface area contributed by atoms with Crippen LogP contribution in [0.2, 0.25) is 0 Å². The Morgan fingerprint density at radius 3 is 2.07 bits per heavy atom. The average molecular weight is 665 g/mol. The molecule has 1 atom stereocenters. The lowest BCUT2D eigenvalue weighted by molar-refractivity contribution is -0.139. The molecule has 0 saturated carbocycles. The Morgan fingerprint density at radius 1 is 0.837 bits per heavy atom. The van der Waals surface area contributed by atoms with Gasteiger partial charge in [0.2, 0.25) is 11.8 Å². The van der Waals surface area contributed by atoms with Crippen LogP contribution < -0.4 is 14.4 Å². The molecule has 0 aliphatic rings. The molecule has 43 heavy (non-hydrogen) atoms. The summed E-state index contributed by atoms with van der Waals surface area (Å²) in [4.78, 5) is 29.2. The van der Waals surface area contributed by atoms with Gasteiger partial charge in [0.05, 0.1) is 17.2 Å². The van der Waals surface area contributed by atoms with Gasteiger partial charge >= 0.3 is 0 Å². The largest absolute Gasteiger partial charge is 0.492 e. The predicted molar refractivity (Wildman–Crippen MR) is 171 cm³/mol. The van der Waals surface area contributed by atoms with E-state index in [-0.39, 0.29) is 29.5 Å². The van der Waals surface area contributed by atoms with E-state index in [0.717, 1.165) is 19.9 Å². The van der Waals surface area contributed by atoms with Crippen molar-refractivity contribution in [3.8, 4) is 5.75 Å². The Bertz CT molecular complexity index is 1620. The van der Waals surface area contributed by atoms with Gasteiger partial charge in [-0.15, -0.1) is 0 Å². The van der Waals surface area contributed by atoms with Gasteiger partial charge in [-0.05, 0) is 54.4 Å². The van der Waals surface area contributed by atoms with Gasteiger partial charge in [0, 0.05) is 24.5 Å². The van der Waals surface area contributed by atoms with Crippen molar-refractivity contribution < 1.29 is 22.7 Å². The molecule has 224 valence electrons. The maximum Gasteiger partial charge on any atom is 0.264 e. The molecule has 0 aliphatic heterocycles. The number of ether oxygens (including phenoxy) is 1. The summed E-state index contributed by atoms with van der Waals surface area (Å²) in [7, 11) is -2.69. The molecule has 0 unspecified atom stereocenters. The number of hydrogen-bond acceptors (Lipinski definition) is 5. The highest BCUT2D eigenvalue weighted by molar-refractivity contribution is 9.10. The number of sulfonamides is 1. The van der Waals surface area contributed by atoms with Crippen molar-refractivity contribution in [1.82, 2.24) is 10.2 Å². The first-order chi connectivity index (χ1) is 20.7. The molecule has 1 N–H and O–H groups in total. The highest BCUT2D eigenvalue weighted by Crippen LogP contribution is 2.33. The van der Waals surface area contributed by atoms with E-state index in [2.05, 4.69) is 21.2 Å². The van der Waals surface area contributed by atoms with Crippen molar-refractivity contribution in [3.63, 3.8) is 0 Å². The highest BCUT2D eigenvalue weighted by atomic mass is 79.9. The van der Waals surface area contributed by atoms with E-state index in [4.69, 9.17) is 4.74 Å². The summed E-state index contributed by atoms with van der Waals surface area (Å²) in [6.07, 6.45) is 0.240. The van der Waals surface area contributed by atoms with E-state index < -0.39 is 28.5 Å². The van der Waals surface area contributed by atoms with Crippen LogP contribution in [-0.2, 0) is 32.6 Å². The van der Waals surface area contributed by atoms with Crippen molar-refractivity contribution in [3.05, 3.63) is 125 Å². The Morgan fingerprint density at radius 2 is 1.44 bits per heavy atom. The quantitative estimate of drug-likeness (QED) is 0.206. The Labute approximate surface area is 261 Å². The van der Waals surface area contributed by atoms with E-state index in [1.54, 1.807) is 49.4 Å². The monoisotopic (exact) mass is 663 g/mol. The first-order valence-electron chi connectivity index (χ1n) is 13.8. The summed E-state index contributed by atoms with van der Waals surface area (Å²) >= 11 is 3.44. The first-order valence-corrected chi connectivity index (χ1v) is 16.1. The van der Waals surface area contributed by atoms with Crippen LogP contribution in [0.4, 0.5) is 5.69 Å². The molecule has 0 heterocycles. The minimum Gasteiger partial charge on any atom is -0.492 e. The number of amides is 2. The zero-order valence-electron chi connectivity index (χ0n) is 24.0. The van der Waals surface area contributed by atoms with Crippen LogP contribution in [0.3, 0.4) is 0 Å². The van der Waals surface area contributed by atoms with Crippen molar-refractivity contribution in [2.24, 2.45) is 0 Å². The second kappa shape index (κ2) is 14.8. The second-order valence-corrected chi connectivity index (χ2v) is 12.5. The van der Waals surface area contributed by atoms with Crippen molar-refractivity contribution in [2.75, 3.05) is 24.5 Å². The number of rotatable bonds is 13. The summed E-state index contributed by atoms with van der Waals surface area (Å²) in [5, 5.41) is 2.69. The van der Waals surface area contributed by atoms with Gasteiger partial charge in [-0.3, -0.25) is 13.9 Å². The molecule has 0 spiro atoms. The number of likely N-dealkylation sites (N-methyl/N-ethyl adjacent to an activating group) is 1. The van der Waals surface area contributed by atoms with E-state index >= 15 is 0 Å². The number of carbonyl (C=O) groups excluding carboxylic acids is 2. The molecule has 0 aromatic heterocycles. The molecular weight excluding hydrogens is 630 g/mol. The molecule has 4 rings (SSSR count). The summed E-state index contributed by atoms with van der Waals surface area (Å²) < 4.78 is 35.9. The normalized spacial score (nSPS) is 11.8. The topological polar surface area (TPSA) is 96.0 Å². The Hall–Kier alpha value is -4.15. The van der Waals surface area contributed by atoms with E-state index in [9.17, 15) is 18.0 Å². The van der Waals surface area contributed by atoms with Crippen LogP contribution in [0.5, 0.6) is 5.75 Å². The smallest absolute Gasteiger partial charge is 0.264 e. The molecule has 0 saturated heterocycles. The van der Waals surface area contributed by atoms with Gasteiger partial charge < -0.3 is 15.0 Å².